The van der Waals surface area contributed by atoms with Crippen LogP contribution in [0.1, 0.15) is 64.0 Å². The largest absolute Gasteiger partial charge is 0.314 e. The van der Waals surface area contributed by atoms with E-state index in [2.05, 4.69) is 57.3 Å². The van der Waals surface area contributed by atoms with Crippen LogP contribution in [-0.2, 0) is 5.41 Å². The second-order valence-corrected chi connectivity index (χ2v) is 6.19. The van der Waals surface area contributed by atoms with Gasteiger partial charge in [0.05, 0.1) is 0 Å². The number of likely N-dealkylation sites (N-methyl/N-ethyl adjacent to an activating group) is 1. The number of fused-ring (bicyclic) bond motifs is 1. The van der Waals surface area contributed by atoms with E-state index in [9.17, 15) is 0 Å². The van der Waals surface area contributed by atoms with Crippen LogP contribution in [0.2, 0.25) is 0 Å². The first-order valence-electron chi connectivity index (χ1n) is 7.43. The molecule has 1 nitrogen and oxygen atoms in total. The van der Waals surface area contributed by atoms with Crippen molar-refractivity contribution in [3.05, 3.63) is 35.4 Å². The highest BCUT2D eigenvalue weighted by Gasteiger charge is 2.34. The first-order chi connectivity index (χ1) is 8.60. The van der Waals surface area contributed by atoms with Gasteiger partial charge in [0.2, 0.25) is 0 Å². The van der Waals surface area contributed by atoms with Crippen molar-refractivity contribution in [3.63, 3.8) is 0 Å². The maximum atomic E-state index is 3.67. The molecule has 1 aromatic rings. The Balaban J connectivity index is 2.35. The summed E-state index contributed by atoms with van der Waals surface area (Å²) in [4.78, 5) is 0. The Labute approximate surface area is 112 Å². The molecule has 18 heavy (non-hydrogen) atoms. The van der Waals surface area contributed by atoms with E-state index in [0.29, 0.717) is 17.4 Å². The van der Waals surface area contributed by atoms with Crippen molar-refractivity contribution in [1.82, 2.24) is 5.32 Å². The lowest BCUT2D eigenvalue weighted by atomic mass is 9.67. The van der Waals surface area contributed by atoms with Crippen LogP contribution in [0.3, 0.4) is 0 Å². The molecular formula is C17H27N. The SMILES string of the molecule is CCNC(CC)C1CCC(C)(C)c2ccccc21. The molecule has 0 radical (unpaired) electrons. The quantitative estimate of drug-likeness (QED) is 0.837. The van der Waals surface area contributed by atoms with E-state index in [4.69, 9.17) is 0 Å². The summed E-state index contributed by atoms with van der Waals surface area (Å²) in [5.41, 5.74) is 3.50. The zero-order chi connectivity index (χ0) is 13.2. The van der Waals surface area contributed by atoms with E-state index in [1.165, 1.54) is 19.3 Å². The average molecular weight is 245 g/mol. The van der Waals surface area contributed by atoms with E-state index in [1.54, 1.807) is 11.1 Å². The van der Waals surface area contributed by atoms with Gasteiger partial charge < -0.3 is 5.32 Å². The molecule has 0 aliphatic heterocycles. The molecule has 0 amide bonds. The van der Waals surface area contributed by atoms with Gasteiger partial charge in [-0.3, -0.25) is 0 Å². The molecule has 2 atom stereocenters. The fourth-order valence-corrected chi connectivity index (χ4v) is 3.49. The van der Waals surface area contributed by atoms with Crippen LogP contribution in [0, 0.1) is 0 Å². The van der Waals surface area contributed by atoms with Crippen LogP contribution in [0.4, 0.5) is 0 Å². The lowest BCUT2D eigenvalue weighted by Gasteiger charge is -2.40. The van der Waals surface area contributed by atoms with Gasteiger partial charge in [0.15, 0.2) is 0 Å². The summed E-state index contributed by atoms with van der Waals surface area (Å²) in [6.45, 7) is 10.4. The summed E-state index contributed by atoms with van der Waals surface area (Å²) in [5, 5.41) is 3.67. The maximum absolute atomic E-state index is 3.67. The third-order valence-electron chi connectivity index (χ3n) is 4.56. The standard InChI is InChI=1S/C17H27N/c1-5-16(18-6-2)14-11-12-17(3,4)15-10-8-7-9-13(14)15/h7-10,14,16,18H,5-6,11-12H2,1-4H3. The predicted octanol–water partition coefficient (Wildman–Crippen LogP) is 4.23. The van der Waals surface area contributed by atoms with Gasteiger partial charge in [-0.2, -0.15) is 0 Å². The number of benzene rings is 1. The minimum absolute atomic E-state index is 0.345. The summed E-state index contributed by atoms with van der Waals surface area (Å²) in [6.07, 6.45) is 3.83. The van der Waals surface area contributed by atoms with E-state index < -0.39 is 0 Å². The maximum Gasteiger partial charge on any atom is 0.0133 e. The summed E-state index contributed by atoms with van der Waals surface area (Å²) in [5.74, 6) is 0.694. The zero-order valence-corrected chi connectivity index (χ0v) is 12.3. The molecule has 0 spiro atoms. The molecule has 0 bridgehead atoms. The van der Waals surface area contributed by atoms with Crippen molar-refractivity contribution in [1.29, 1.82) is 0 Å². The van der Waals surface area contributed by atoms with E-state index in [1.807, 2.05) is 0 Å². The molecule has 1 aliphatic carbocycles. The molecule has 1 heteroatoms. The highest BCUT2D eigenvalue weighted by molar-refractivity contribution is 5.39. The fourth-order valence-electron chi connectivity index (χ4n) is 3.49. The van der Waals surface area contributed by atoms with Crippen LogP contribution in [0.25, 0.3) is 0 Å². The highest BCUT2D eigenvalue weighted by atomic mass is 14.9. The number of rotatable bonds is 4. The van der Waals surface area contributed by atoms with Gasteiger partial charge >= 0.3 is 0 Å². The lowest BCUT2D eigenvalue weighted by molar-refractivity contribution is 0.330. The fraction of sp³-hybridized carbons (Fsp3) is 0.647. The van der Waals surface area contributed by atoms with E-state index >= 15 is 0 Å². The monoisotopic (exact) mass is 245 g/mol. The van der Waals surface area contributed by atoms with Gasteiger partial charge in [-0.05, 0) is 48.3 Å². The molecule has 1 aliphatic rings. The first-order valence-corrected chi connectivity index (χ1v) is 7.43. The average Bonchev–Trinajstić information content (AvgIpc) is 2.37. The third kappa shape index (κ3) is 2.47. The molecule has 0 heterocycles. The zero-order valence-electron chi connectivity index (χ0n) is 12.3. The molecule has 0 saturated heterocycles. The van der Waals surface area contributed by atoms with Crippen molar-refractivity contribution in [2.75, 3.05) is 6.54 Å². The van der Waals surface area contributed by atoms with Crippen LogP contribution in [0.5, 0.6) is 0 Å². The van der Waals surface area contributed by atoms with Crippen molar-refractivity contribution < 1.29 is 0 Å². The molecule has 0 fully saturated rings. The van der Waals surface area contributed by atoms with Crippen LogP contribution in [0.15, 0.2) is 24.3 Å². The lowest BCUT2D eigenvalue weighted by Crippen LogP contribution is -2.38. The van der Waals surface area contributed by atoms with Gasteiger partial charge in [-0.15, -0.1) is 0 Å². The van der Waals surface area contributed by atoms with E-state index in [0.717, 1.165) is 6.54 Å². The number of hydrogen-bond donors (Lipinski definition) is 1. The second-order valence-electron chi connectivity index (χ2n) is 6.19. The summed E-state index contributed by atoms with van der Waals surface area (Å²) >= 11 is 0. The number of hydrogen-bond acceptors (Lipinski definition) is 1. The molecular weight excluding hydrogens is 218 g/mol. The minimum Gasteiger partial charge on any atom is -0.314 e. The van der Waals surface area contributed by atoms with Crippen molar-refractivity contribution in [2.45, 2.75) is 64.3 Å². The Bertz CT molecular complexity index is 394. The minimum atomic E-state index is 0.345. The molecule has 100 valence electrons. The van der Waals surface area contributed by atoms with Crippen LogP contribution < -0.4 is 5.32 Å². The Morgan fingerprint density at radius 1 is 1.28 bits per heavy atom. The Morgan fingerprint density at radius 3 is 2.67 bits per heavy atom. The Kier molecular flexibility index (Phi) is 4.11. The Hall–Kier alpha value is -0.820. The van der Waals surface area contributed by atoms with Gasteiger partial charge in [0.1, 0.15) is 0 Å². The summed E-state index contributed by atoms with van der Waals surface area (Å²) < 4.78 is 0. The smallest absolute Gasteiger partial charge is 0.0133 e. The molecule has 2 rings (SSSR count). The summed E-state index contributed by atoms with van der Waals surface area (Å²) in [6, 6.07) is 9.71. The van der Waals surface area contributed by atoms with E-state index in [-0.39, 0.29) is 0 Å². The summed E-state index contributed by atoms with van der Waals surface area (Å²) in [7, 11) is 0. The van der Waals surface area contributed by atoms with Crippen LogP contribution in [-0.4, -0.2) is 12.6 Å². The predicted molar refractivity (Wildman–Crippen MR) is 79.2 cm³/mol. The van der Waals surface area contributed by atoms with Crippen molar-refractivity contribution in [2.24, 2.45) is 0 Å². The van der Waals surface area contributed by atoms with Gasteiger partial charge in [-0.25, -0.2) is 0 Å². The van der Waals surface area contributed by atoms with Gasteiger partial charge in [0.25, 0.3) is 0 Å². The van der Waals surface area contributed by atoms with Gasteiger partial charge in [-0.1, -0.05) is 52.0 Å². The molecule has 1 aromatic carbocycles. The normalized spacial score (nSPS) is 23.4. The van der Waals surface area contributed by atoms with Gasteiger partial charge in [0, 0.05) is 6.04 Å². The number of nitrogens with one attached hydrogen (secondary N) is 1. The second kappa shape index (κ2) is 5.44. The van der Waals surface area contributed by atoms with Crippen molar-refractivity contribution >= 4 is 0 Å². The van der Waals surface area contributed by atoms with Crippen molar-refractivity contribution in [3.8, 4) is 0 Å². The van der Waals surface area contributed by atoms with Crippen LogP contribution >= 0.6 is 0 Å². The molecule has 1 N–H and O–H groups in total. The Morgan fingerprint density at radius 2 is 2.00 bits per heavy atom. The highest BCUT2D eigenvalue weighted by Crippen LogP contribution is 2.44. The first kappa shape index (κ1) is 13.6. The molecule has 2 unspecified atom stereocenters. The molecule has 0 aromatic heterocycles. The third-order valence-corrected chi connectivity index (χ3v) is 4.56. The molecule has 0 saturated carbocycles. The topological polar surface area (TPSA) is 12.0 Å².